The fraction of sp³-hybridized carbons (Fsp3) is 0.400. The molecule has 0 bridgehead atoms. The van der Waals surface area contributed by atoms with Gasteiger partial charge in [-0.1, -0.05) is 0 Å². The molecule has 2 rings (SSSR count). The molecule has 0 spiro atoms. The summed E-state index contributed by atoms with van der Waals surface area (Å²) in [6.07, 6.45) is 1.60. The maximum atomic E-state index is 11.0. The highest BCUT2D eigenvalue weighted by atomic mass is 16.6. The van der Waals surface area contributed by atoms with E-state index in [-0.39, 0.29) is 11.2 Å². The number of pyridine rings is 1. The van der Waals surface area contributed by atoms with Crippen LogP contribution in [0, 0.1) is 10.1 Å². The predicted molar refractivity (Wildman–Crippen MR) is 81.6 cm³/mol. The van der Waals surface area contributed by atoms with Crippen molar-refractivity contribution in [2.45, 2.75) is 26.3 Å². The number of non-ortho nitro benzene ring substituents is 1. The Kier molecular flexibility index (Phi) is 4.37. The number of nitro benzene ring substituents is 1. The van der Waals surface area contributed by atoms with Crippen LogP contribution in [0.4, 0.5) is 5.69 Å². The van der Waals surface area contributed by atoms with Gasteiger partial charge in [-0.3, -0.25) is 15.1 Å². The standard InChI is InChI=1S/C15H19N3O3/c1-15(2,3)17-9-10-21-13-7-6-12(18(19)20)11-5-4-8-16-14(11)13/h4-8,17H,9-10H2,1-3H3. The number of nitro groups is 1. The molecule has 21 heavy (non-hydrogen) atoms. The third kappa shape index (κ3) is 3.88. The first kappa shape index (κ1) is 15.2. The maximum Gasteiger partial charge on any atom is 0.279 e. The molecule has 1 aromatic carbocycles. The van der Waals surface area contributed by atoms with Crippen molar-refractivity contribution >= 4 is 16.6 Å². The van der Waals surface area contributed by atoms with Gasteiger partial charge in [0.05, 0.1) is 10.3 Å². The maximum absolute atomic E-state index is 11.0. The predicted octanol–water partition coefficient (Wildman–Crippen LogP) is 2.91. The average Bonchev–Trinajstić information content (AvgIpc) is 2.42. The summed E-state index contributed by atoms with van der Waals surface area (Å²) in [6, 6.07) is 6.42. The molecule has 112 valence electrons. The molecular formula is C15H19N3O3. The summed E-state index contributed by atoms with van der Waals surface area (Å²) in [7, 11) is 0. The van der Waals surface area contributed by atoms with E-state index < -0.39 is 4.92 Å². The Morgan fingerprint density at radius 1 is 1.33 bits per heavy atom. The molecule has 0 aliphatic rings. The first-order valence-electron chi connectivity index (χ1n) is 6.78. The van der Waals surface area contributed by atoms with Gasteiger partial charge >= 0.3 is 0 Å². The van der Waals surface area contributed by atoms with Crippen LogP contribution < -0.4 is 10.1 Å². The van der Waals surface area contributed by atoms with Gasteiger partial charge in [-0.15, -0.1) is 0 Å². The van der Waals surface area contributed by atoms with E-state index in [1.165, 1.54) is 6.07 Å². The summed E-state index contributed by atoms with van der Waals surface area (Å²) in [5.41, 5.74) is 0.583. The second kappa shape index (κ2) is 6.05. The zero-order valence-corrected chi connectivity index (χ0v) is 12.4. The zero-order valence-electron chi connectivity index (χ0n) is 12.4. The lowest BCUT2D eigenvalue weighted by atomic mass is 10.1. The van der Waals surface area contributed by atoms with Crippen molar-refractivity contribution in [3.8, 4) is 5.75 Å². The highest BCUT2D eigenvalue weighted by Gasteiger charge is 2.15. The molecule has 6 heteroatoms. The van der Waals surface area contributed by atoms with Crippen LogP contribution in [0.1, 0.15) is 20.8 Å². The van der Waals surface area contributed by atoms with E-state index in [4.69, 9.17) is 4.74 Å². The van der Waals surface area contributed by atoms with Crippen molar-refractivity contribution < 1.29 is 9.66 Å². The van der Waals surface area contributed by atoms with Crippen molar-refractivity contribution in [3.63, 3.8) is 0 Å². The number of hydrogen-bond donors (Lipinski definition) is 1. The normalized spacial score (nSPS) is 11.6. The van der Waals surface area contributed by atoms with Gasteiger partial charge in [-0.25, -0.2) is 0 Å². The molecular weight excluding hydrogens is 270 g/mol. The quantitative estimate of drug-likeness (QED) is 0.520. The van der Waals surface area contributed by atoms with Crippen molar-refractivity contribution in [2.24, 2.45) is 0 Å². The first-order chi connectivity index (χ1) is 9.88. The van der Waals surface area contributed by atoms with Crippen LogP contribution in [-0.2, 0) is 0 Å². The van der Waals surface area contributed by atoms with Crippen LogP contribution in [-0.4, -0.2) is 28.6 Å². The number of rotatable bonds is 5. The summed E-state index contributed by atoms with van der Waals surface area (Å²) in [5, 5.41) is 14.8. The molecule has 0 amide bonds. The van der Waals surface area contributed by atoms with E-state index in [2.05, 4.69) is 31.1 Å². The summed E-state index contributed by atoms with van der Waals surface area (Å²) < 4.78 is 5.70. The molecule has 0 fully saturated rings. The average molecular weight is 289 g/mol. The highest BCUT2D eigenvalue weighted by Crippen LogP contribution is 2.31. The molecule has 1 heterocycles. The third-order valence-electron chi connectivity index (χ3n) is 2.92. The fourth-order valence-electron chi connectivity index (χ4n) is 1.99. The van der Waals surface area contributed by atoms with Crippen LogP contribution in [0.25, 0.3) is 10.9 Å². The Hall–Kier alpha value is -2.21. The molecule has 0 saturated carbocycles. The second-order valence-electron chi connectivity index (χ2n) is 5.76. The Morgan fingerprint density at radius 3 is 2.76 bits per heavy atom. The van der Waals surface area contributed by atoms with E-state index in [9.17, 15) is 10.1 Å². The van der Waals surface area contributed by atoms with Crippen LogP contribution in [0.2, 0.25) is 0 Å². The van der Waals surface area contributed by atoms with Gasteiger partial charge in [0.25, 0.3) is 5.69 Å². The minimum Gasteiger partial charge on any atom is -0.490 e. The van der Waals surface area contributed by atoms with Crippen molar-refractivity contribution in [3.05, 3.63) is 40.6 Å². The topological polar surface area (TPSA) is 77.3 Å². The fourth-order valence-corrected chi connectivity index (χ4v) is 1.99. The van der Waals surface area contributed by atoms with Crippen LogP contribution in [0.3, 0.4) is 0 Å². The van der Waals surface area contributed by atoms with Crippen molar-refractivity contribution in [1.29, 1.82) is 0 Å². The SMILES string of the molecule is CC(C)(C)NCCOc1ccc([N+](=O)[O-])c2cccnc12. The van der Waals surface area contributed by atoms with E-state index in [0.29, 0.717) is 29.8 Å². The first-order valence-corrected chi connectivity index (χ1v) is 6.78. The molecule has 0 atom stereocenters. The minimum absolute atomic E-state index is 0.0269. The van der Waals surface area contributed by atoms with Gasteiger partial charge in [0.15, 0.2) is 0 Å². The summed E-state index contributed by atoms with van der Waals surface area (Å²) in [5.74, 6) is 0.562. The lowest BCUT2D eigenvalue weighted by Gasteiger charge is -2.20. The van der Waals surface area contributed by atoms with Crippen LogP contribution >= 0.6 is 0 Å². The van der Waals surface area contributed by atoms with Gasteiger partial charge < -0.3 is 10.1 Å². The number of fused-ring (bicyclic) bond motifs is 1. The van der Waals surface area contributed by atoms with Gasteiger partial charge in [0.1, 0.15) is 17.9 Å². The van der Waals surface area contributed by atoms with Crippen LogP contribution in [0.5, 0.6) is 5.75 Å². The molecule has 2 aromatic rings. The molecule has 1 aromatic heterocycles. The number of ether oxygens (including phenoxy) is 1. The Balaban J connectivity index is 2.18. The molecule has 0 radical (unpaired) electrons. The Bertz CT molecular complexity index is 650. The molecule has 0 unspecified atom stereocenters. The van der Waals surface area contributed by atoms with Crippen LogP contribution in [0.15, 0.2) is 30.5 Å². The largest absolute Gasteiger partial charge is 0.490 e. The van der Waals surface area contributed by atoms with E-state index >= 15 is 0 Å². The van der Waals surface area contributed by atoms with Gasteiger partial charge in [-0.05, 0) is 39.0 Å². The van der Waals surface area contributed by atoms with Crippen molar-refractivity contribution in [2.75, 3.05) is 13.2 Å². The number of nitrogens with zero attached hydrogens (tertiary/aromatic N) is 2. The smallest absolute Gasteiger partial charge is 0.279 e. The molecule has 6 nitrogen and oxygen atoms in total. The van der Waals surface area contributed by atoms with Gasteiger partial charge in [0, 0.05) is 24.3 Å². The van der Waals surface area contributed by atoms with E-state index in [0.717, 1.165) is 0 Å². The monoisotopic (exact) mass is 289 g/mol. The molecule has 0 aliphatic carbocycles. The minimum atomic E-state index is -0.408. The Morgan fingerprint density at radius 2 is 2.10 bits per heavy atom. The van der Waals surface area contributed by atoms with Gasteiger partial charge in [0.2, 0.25) is 0 Å². The lowest BCUT2D eigenvalue weighted by molar-refractivity contribution is -0.383. The zero-order chi connectivity index (χ0) is 15.5. The second-order valence-corrected chi connectivity index (χ2v) is 5.76. The van der Waals surface area contributed by atoms with Crippen molar-refractivity contribution in [1.82, 2.24) is 10.3 Å². The summed E-state index contributed by atoms with van der Waals surface area (Å²) in [6.45, 7) is 7.40. The molecule has 1 N–H and O–H groups in total. The van der Waals surface area contributed by atoms with E-state index in [1.54, 1.807) is 24.4 Å². The lowest BCUT2D eigenvalue weighted by Crippen LogP contribution is -2.38. The summed E-state index contributed by atoms with van der Waals surface area (Å²) >= 11 is 0. The highest BCUT2D eigenvalue weighted by molar-refractivity contribution is 5.92. The third-order valence-corrected chi connectivity index (χ3v) is 2.92. The number of hydrogen-bond acceptors (Lipinski definition) is 5. The number of aromatic nitrogens is 1. The molecule has 0 saturated heterocycles. The molecule has 0 aliphatic heterocycles. The summed E-state index contributed by atoms with van der Waals surface area (Å²) in [4.78, 5) is 14.8. The van der Waals surface area contributed by atoms with Gasteiger partial charge in [-0.2, -0.15) is 0 Å². The number of benzene rings is 1. The number of nitrogens with one attached hydrogen (secondary N) is 1. The van der Waals surface area contributed by atoms with E-state index in [1.807, 2.05) is 0 Å². The Labute approximate surface area is 123 Å².